The van der Waals surface area contributed by atoms with Crippen LogP contribution in [0.15, 0.2) is 12.7 Å². The Morgan fingerprint density at radius 3 is 2.79 bits per heavy atom. The van der Waals surface area contributed by atoms with Gasteiger partial charge in [0.15, 0.2) is 0 Å². The third kappa shape index (κ3) is 1.71. The molecular formula is C9H13NO4. The highest BCUT2D eigenvalue weighted by atomic mass is 16.5. The zero-order valence-electron chi connectivity index (χ0n) is 7.95. The van der Waals surface area contributed by atoms with Gasteiger partial charge in [-0.15, -0.1) is 6.58 Å². The second-order valence-corrected chi connectivity index (χ2v) is 3.17. The third-order valence-corrected chi connectivity index (χ3v) is 2.27. The van der Waals surface area contributed by atoms with Crippen molar-refractivity contribution < 1.29 is 19.4 Å². The summed E-state index contributed by atoms with van der Waals surface area (Å²) in [5, 5.41) is 10.8. The van der Waals surface area contributed by atoms with E-state index < -0.39 is 17.6 Å². The summed E-state index contributed by atoms with van der Waals surface area (Å²) in [6.45, 7) is 5.45. The Morgan fingerprint density at radius 2 is 2.43 bits per heavy atom. The fourth-order valence-electron chi connectivity index (χ4n) is 1.45. The van der Waals surface area contributed by atoms with Crippen LogP contribution in [0.25, 0.3) is 0 Å². The second-order valence-electron chi connectivity index (χ2n) is 3.17. The summed E-state index contributed by atoms with van der Waals surface area (Å²) in [6, 6.07) is 0. The first-order valence-corrected chi connectivity index (χ1v) is 4.37. The molecule has 1 aliphatic carbocycles. The molecule has 1 rings (SSSR count). The summed E-state index contributed by atoms with van der Waals surface area (Å²) in [7, 11) is 0. The first-order chi connectivity index (χ1) is 6.56. The van der Waals surface area contributed by atoms with Crippen LogP contribution in [0.4, 0.5) is 4.79 Å². The standard InChI is InChI=1S/C9H13NO4/c1-3-6-5-9(6,10-8(12)13)7(11)14-4-2/h3,6,10H,1,4-5H2,2H3,(H,12,13)/t6-,9-/m1/s1. The maximum Gasteiger partial charge on any atom is 0.405 e. The van der Waals surface area contributed by atoms with Gasteiger partial charge in [-0.05, 0) is 13.3 Å². The van der Waals surface area contributed by atoms with E-state index in [1.165, 1.54) is 0 Å². The summed E-state index contributed by atoms with van der Waals surface area (Å²) in [5.41, 5.74) is -1.08. The number of rotatable bonds is 4. The average molecular weight is 199 g/mol. The number of hydrogen-bond acceptors (Lipinski definition) is 3. The van der Waals surface area contributed by atoms with E-state index in [-0.39, 0.29) is 12.5 Å². The van der Waals surface area contributed by atoms with Gasteiger partial charge in [0.05, 0.1) is 6.61 Å². The van der Waals surface area contributed by atoms with Crippen molar-refractivity contribution in [3.8, 4) is 0 Å². The van der Waals surface area contributed by atoms with Gasteiger partial charge >= 0.3 is 12.1 Å². The van der Waals surface area contributed by atoms with Gasteiger partial charge in [0.2, 0.25) is 0 Å². The molecule has 0 radical (unpaired) electrons. The topological polar surface area (TPSA) is 75.6 Å². The van der Waals surface area contributed by atoms with E-state index in [4.69, 9.17) is 9.84 Å². The molecule has 0 heterocycles. The van der Waals surface area contributed by atoms with Crippen molar-refractivity contribution >= 4 is 12.1 Å². The van der Waals surface area contributed by atoms with Crippen molar-refractivity contribution in [2.24, 2.45) is 5.92 Å². The van der Waals surface area contributed by atoms with E-state index >= 15 is 0 Å². The minimum Gasteiger partial charge on any atom is -0.465 e. The van der Waals surface area contributed by atoms with Gasteiger partial charge in [0, 0.05) is 5.92 Å². The van der Waals surface area contributed by atoms with Gasteiger partial charge in [-0.3, -0.25) is 0 Å². The summed E-state index contributed by atoms with van der Waals surface area (Å²) in [4.78, 5) is 21.9. The van der Waals surface area contributed by atoms with Crippen LogP contribution in [0.1, 0.15) is 13.3 Å². The first-order valence-electron chi connectivity index (χ1n) is 4.37. The second kappa shape index (κ2) is 3.69. The summed E-state index contributed by atoms with van der Waals surface area (Å²) < 4.78 is 4.79. The van der Waals surface area contributed by atoms with Crippen molar-refractivity contribution in [1.29, 1.82) is 0 Å². The Morgan fingerprint density at radius 1 is 1.79 bits per heavy atom. The lowest BCUT2D eigenvalue weighted by molar-refractivity contribution is -0.147. The Balaban J connectivity index is 2.70. The molecule has 1 fully saturated rings. The number of ether oxygens (including phenoxy) is 1. The Bertz CT molecular complexity index is 276. The molecule has 1 amide bonds. The van der Waals surface area contributed by atoms with Crippen LogP contribution in [0, 0.1) is 5.92 Å². The molecular weight excluding hydrogens is 186 g/mol. The van der Waals surface area contributed by atoms with Crippen LogP contribution in [0.3, 0.4) is 0 Å². The van der Waals surface area contributed by atoms with E-state index in [0.717, 1.165) is 0 Å². The van der Waals surface area contributed by atoms with Crippen LogP contribution < -0.4 is 5.32 Å². The zero-order chi connectivity index (χ0) is 10.8. The molecule has 0 saturated heterocycles. The molecule has 0 unspecified atom stereocenters. The van der Waals surface area contributed by atoms with Gasteiger partial charge < -0.3 is 15.2 Å². The van der Waals surface area contributed by atoms with Gasteiger partial charge in [0.25, 0.3) is 0 Å². The van der Waals surface area contributed by atoms with Crippen LogP contribution in [0.2, 0.25) is 0 Å². The van der Waals surface area contributed by atoms with E-state index in [9.17, 15) is 9.59 Å². The molecule has 1 saturated carbocycles. The van der Waals surface area contributed by atoms with Gasteiger partial charge in [-0.2, -0.15) is 0 Å². The van der Waals surface area contributed by atoms with E-state index in [2.05, 4.69) is 11.9 Å². The average Bonchev–Trinajstić information content (AvgIpc) is 2.79. The van der Waals surface area contributed by atoms with Gasteiger partial charge in [-0.25, -0.2) is 9.59 Å². The van der Waals surface area contributed by atoms with E-state index in [1.807, 2.05) is 0 Å². The van der Waals surface area contributed by atoms with Crippen LogP contribution in [0.5, 0.6) is 0 Å². The van der Waals surface area contributed by atoms with Crippen LogP contribution >= 0.6 is 0 Å². The number of esters is 1. The number of carboxylic acid groups (broad SMARTS) is 1. The quantitative estimate of drug-likeness (QED) is 0.517. The van der Waals surface area contributed by atoms with E-state index in [1.54, 1.807) is 13.0 Å². The SMILES string of the molecule is C=C[C@@H]1C[C@]1(NC(=O)O)C(=O)OCC. The highest BCUT2D eigenvalue weighted by Crippen LogP contribution is 2.45. The lowest BCUT2D eigenvalue weighted by Gasteiger charge is -2.14. The maximum atomic E-state index is 11.4. The normalized spacial score (nSPS) is 29.1. The molecule has 0 aromatic carbocycles. The summed E-state index contributed by atoms with van der Waals surface area (Å²) in [5.74, 6) is -0.676. The molecule has 0 aromatic rings. The molecule has 14 heavy (non-hydrogen) atoms. The fraction of sp³-hybridized carbons (Fsp3) is 0.556. The van der Waals surface area contributed by atoms with Gasteiger partial charge in [-0.1, -0.05) is 6.08 Å². The van der Waals surface area contributed by atoms with Crippen LogP contribution in [-0.4, -0.2) is 29.3 Å². The van der Waals surface area contributed by atoms with Crippen molar-refractivity contribution in [2.75, 3.05) is 6.61 Å². The molecule has 0 bridgehead atoms. The Kier molecular flexibility index (Phi) is 2.78. The van der Waals surface area contributed by atoms with Crippen molar-refractivity contribution in [2.45, 2.75) is 18.9 Å². The number of amides is 1. The third-order valence-electron chi connectivity index (χ3n) is 2.27. The molecule has 0 spiro atoms. The van der Waals surface area contributed by atoms with E-state index in [0.29, 0.717) is 6.42 Å². The Hall–Kier alpha value is -1.52. The predicted molar refractivity (Wildman–Crippen MR) is 48.8 cm³/mol. The molecule has 2 N–H and O–H groups in total. The highest BCUT2D eigenvalue weighted by Gasteiger charge is 2.61. The smallest absolute Gasteiger partial charge is 0.405 e. The van der Waals surface area contributed by atoms with Crippen molar-refractivity contribution in [1.82, 2.24) is 5.32 Å². The predicted octanol–water partition coefficient (Wildman–Crippen LogP) is 0.762. The summed E-state index contributed by atoms with van der Waals surface area (Å²) in [6.07, 6.45) is 0.775. The number of carbonyl (C=O) groups excluding carboxylic acids is 1. The lowest BCUT2D eigenvalue weighted by Crippen LogP contribution is -2.45. The molecule has 5 heteroatoms. The molecule has 0 aromatic heterocycles. The molecule has 1 aliphatic rings. The minimum absolute atomic E-state index is 0.155. The summed E-state index contributed by atoms with van der Waals surface area (Å²) >= 11 is 0. The Labute approximate surface area is 81.7 Å². The monoisotopic (exact) mass is 199 g/mol. The number of carbonyl (C=O) groups is 2. The highest BCUT2D eigenvalue weighted by molar-refractivity contribution is 5.89. The number of hydrogen-bond donors (Lipinski definition) is 2. The molecule has 2 atom stereocenters. The largest absolute Gasteiger partial charge is 0.465 e. The minimum atomic E-state index is -1.22. The van der Waals surface area contributed by atoms with Gasteiger partial charge in [0.1, 0.15) is 5.54 Å². The van der Waals surface area contributed by atoms with Crippen molar-refractivity contribution in [3.63, 3.8) is 0 Å². The fourth-order valence-corrected chi connectivity index (χ4v) is 1.45. The van der Waals surface area contributed by atoms with Crippen molar-refractivity contribution in [3.05, 3.63) is 12.7 Å². The first kappa shape index (κ1) is 10.6. The van der Waals surface area contributed by atoms with Crippen LogP contribution in [-0.2, 0) is 9.53 Å². The number of nitrogens with one attached hydrogen (secondary N) is 1. The molecule has 5 nitrogen and oxygen atoms in total. The zero-order valence-corrected chi connectivity index (χ0v) is 7.95. The molecule has 78 valence electrons. The maximum absolute atomic E-state index is 11.4. The molecule has 0 aliphatic heterocycles. The lowest BCUT2D eigenvalue weighted by atomic mass is 10.2.